The summed E-state index contributed by atoms with van der Waals surface area (Å²) < 4.78 is 0. The van der Waals surface area contributed by atoms with Crippen LogP contribution in [0.2, 0.25) is 0 Å². The van der Waals surface area contributed by atoms with Crippen molar-refractivity contribution in [1.29, 1.82) is 0 Å². The largest absolute Gasteiger partial charge is 0.369 e. The molecule has 0 saturated carbocycles. The predicted molar refractivity (Wildman–Crippen MR) is 72.6 cm³/mol. The zero-order chi connectivity index (χ0) is 13.1. The second-order valence-corrected chi connectivity index (χ2v) is 4.16. The maximum atomic E-state index is 11.6. The third-order valence-electron chi connectivity index (χ3n) is 2.70. The zero-order valence-electron chi connectivity index (χ0n) is 10.4. The van der Waals surface area contributed by atoms with Crippen LogP contribution in [-0.2, 0) is 4.79 Å². The van der Waals surface area contributed by atoms with Crippen molar-refractivity contribution < 1.29 is 4.79 Å². The highest BCUT2D eigenvalue weighted by atomic mass is 16.2. The minimum atomic E-state index is -0.296. The van der Waals surface area contributed by atoms with Gasteiger partial charge in [-0.2, -0.15) is 4.99 Å². The van der Waals surface area contributed by atoms with Crippen molar-refractivity contribution in [1.82, 2.24) is 4.90 Å². The number of likely N-dealkylation sites (N-methyl/N-ethyl adjacent to an activating group) is 1. The number of carbonyl (C=O) groups excluding carboxylic acids is 1. The van der Waals surface area contributed by atoms with Crippen LogP contribution in [0.3, 0.4) is 0 Å². The Hall–Kier alpha value is -2.36. The molecule has 1 heterocycles. The summed E-state index contributed by atoms with van der Waals surface area (Å²) in [5, 5.41) is 0. The van der Waals surface area contributed by atoms with Gasteiger partial charge >= 0.3 is 0 Å². The number of benzene rings is 1. The van der Waals surface area contributed by atoms with Crippen LogP contribution in [-0.4, -0.2) is 23.8 Å². The van der Waals surface area contributed by atoms with Gasteiger partial charge in [0.2, 0.25) is 5.96 Å². The molecule has 1 aliphatic heterocycles. The van der Waals surface area contributed by atoms with Crippen molar-refractivity contribution in [2.24, 2.45) is 10.7 Å². The van der Waals surface area contributed by atoms with E-state index in [1.807, 2.05) is 43.3 Å². The SMILES string of the molecule is CC(=C/c1ccccc1)/C=C1/C(=O)N=C(N)N1C. The lowest BCUT2D eigenvalue weighted by Crippen LogP contribution is -2.28. The predicted octanol–water partition coefficient (Wildman–Crippen LogP) is 1.76. The molecule has 0 atom stereocenters. The molecular formula is C14H15N3O. The first kappa shape index (κ1) is 12.1. The number of hydrogen-bond acceptors (Lipinski definition) is 3. The number of hydrogen-bond donors (Lipinski definition) is 1. The molecule has 1 aliphatic rings. The molecule has 92 valence electrons. The van der Waals surface area contributed by atoms with E-state index >= 15 is 0 Å². The lowest BCUT2D eigenvalue weighted by Gasteiger charge is -2.11. The summed E-state index contributed by atoms with van der Waals surface area (Å²) in [5.74, 6) is -0.0606. The minimum absolute atomic E-state index is 0.235. The highest BCUT2D eigenvalue weighted by Crippen LogP contribution is 2.15. The number of carbonyl (C=O) groups is 1. The first-order chi connectivity index (χ1) is 8.58. The Balaban J connectivity index is 2.24. The van der Waals surface area contributed by atoms with Gasteiger partial charge in [0.05, 0.1) is 0 Å². The van der Waals surface area contributed by atoms with Crippen LogP contribution in [0.15, 0.2) is 52.7 Å². The summed E-state index contributed by atoms with van der Waals surface area (Å²) in [4.78, 5) is 16.9. The molecule has 1 amide bonds. The first-order valence-electron chi connectivity index (χ1n) is 5.65. The van der Waals surface area contributed by atoms with Crippen molar-refractivity contribution in [2.75, 3.05) is 7.05 Å². The highest BCUT2D eigenvalue weighted by molar-refractivity contribution is 6.09. The molecule has 18 heavy (non-hydrogen) atoms. The molecule has 1 aromatic carbocycles. The third-order valence-corrected chi connectivity index (χ3v) is 2.70. The molecular weight excluding hydrogens is 226 g/mol. The Morgan fingerprint density at radius 1 is 1.33 bits per heavy atom. The van der Waals surface area contributed by atoms with Crippen LogP contribution < -0.4 is 5.73 Å². The van der Waals surface area contributed by atoms with Crippen molar-refractivity contribution in [3.8, 4) is 0 Å². The van der Waals surface area contributed by atoms with E-state index < -0.39 is 0 Å². The standard InChI is InChI=1S/C14H15N3O/c1-10(8-11-6-4-3-5-7-11)9-12-13(18)16-14(15)17(12)2/h3-9H,1-2H3,(H2,15,16,18)/b10-8-,12-9-. The van der Waals surface area contributed by atoms with Gasteiger partial charge in [0, 0.05) is 7.05 Å². The van der Waals surface area contributed by atoms with Gasteiger partial charge in [-0.15, -0.1) is 0 Å². The molecule has 0 aromatic heterocycles. The van der Waals surface area contributed by atoms with Gasteiger partial charge in [0.1, 0.15) is 5.70 Å². The molecule has 2 rings (SSSR count). The van der Waals surface area contributed by atoms with Gasteiger partial charge in [0.15, 0.2) is 0 Å². The molecule has 0 spiro atoms. The number of nitrogens with zero attached hydrogens (tertiary/aromatic N) is 2. The number of nitrogens with two attached hydrogens (primary N) is 1. The summed E-state index contributed by atoms with van der Waals surface area (Å²) in [6.45, 7) is 1.94. The van der Waals surface area contributed by atoms with E-state index in [-0.39, 0.29) is 11.9 Å². The Morgan fingerprint density at radius 2 is 2.00 bits per heavy atom. The number of guanidine groups is 1. The lowest BCUT2D eigenvalue weighted by molar-refractivity contribution is -0.114. The minimum Gasteiger partial charge on any atom is -0.369 e. The molecule has 0 saturated heterocycles. The summed E-state index contributed by atoms with van der Waals surface area (Å²) in [7, 11) is 1.73. The van der Waals surface area contributed by atoms with Crippen molar-refractivity contribution in [3.63, 3.8) is 0 Å². The van der Waals surface area contributed by atoms with Gasteiger partial charge in [-0.05, 0) is 24.1 Å². The normalized spacial score (nSPS) is 18.4. The Morgan fingerprint density at radius 3 is 2.56 bits per heavy atom. The Bertz CT molecular complexity index is 556. The summed E-state index contributed by atoms with van der Waals surface area (Å²) >= 11 is 0. The monoisotopic (exact) mass is 241 g/mol. The van der Waals surface area contributed by atoms with Crippen LogP contribution >= 0.6 is 0 Å². The molecule has 4 heteroatoms. The van der Waals surface area contributed by atoms with Crippen LogP contribution in [0.1, 0.15) is 12.5 Å². The topological polar surface area (TPSA) is 58.7 Å². The van der Waals surface area contributed by atoms with Crippen LogP contribution in [0.4, 0.5) is 0 Å². The summed E-state index contributed by atoms with van der Waals surface area (Å²) in [6, 6.07) is 9.93. The smallest absolute Gasteiger partial charge is 0.296 e. The number of aliphatic imine (C=N–C) groups is 1. The van der Waals surface area contributed by atoms with Gasteiger partial charge in [-0.25, -0.2) is 0 Å². The van der Waals surface area contributed by atoms with E-state index in [9.17, 15) is 4.79 Å². The first-order valence-corrected chi connectivity index (χ1v) is 5.65. The maximum absolute atomic E-state index is 11.6. The molecule has 0 bridgehead atoms. The van der Waals surface area contributed by atoms with Gasteiger partial charge < -0.3 is 10.6 Å². The average molecular weight is 241 g/mol. The number of allylic oxidation sites excluding steroid dienone is 2. The second kappa shape index (κ2) is 4.87. The van der Waals surface area contributed by atoms with E-state index in [0.717, 1.165) is 11.1 Å². The van der Waals surface area contributed by atoms with Gasteiger partial charge in [-0.3, -0.25) is 4.79 Å². The van der Waals surface area contributed by atoms with E-state index in [4.69, 9.17) is 5.73 Å². The van der Waals surface area contributed by atoms with Crippen molar-refractivity contribution >= 4 is 17.9 Å². The van der Waals surface area contributed by atoms with E-state index in [1.54, 1.807) is 18.0 Å². The molecule has 2 N–H and O–H groups in total. The number of rotatable bonds is 2. The average Bonchev–Trinajstić information content (AvgIpc) is 2.57. The highest BCUT2D eigenvalue weighted by Gasteiger charge is 2.23. The lowest BCUT2D eigenvalue weighted by atomic mass is 10.1. The van der Waals surface area contributed by atoms with Gasteiger partial charge in [-0.1, -0.05) is 36.4 Å². The molecule has 4 nitrogen and oxygen atoms in total. The van der Waals surface area contributed by atoms with E-state index in [2.05, 4.69) is 4.99 Å². The fourth-order valence-electron chi connectivity index (χ4n) is 1.73. The summed E-state index contributed by atoms with van der Waals surface area (Å²) in [6.07, 6.45) is 3.79. The molecule has 0 unspecified atom stereocenters. The maximum Gasteiger partial charge on any atom is 0.296 e. The van der Waals surface area contributed by atoms with Crippen LogP contribution in [0.25, 0.3) is 6.08 Å². The summed E-state index contributed by atoms with van der Waals surface area (Å²) in [5.41, 5.74) is 8.14. The number of amides is 1. The third kappa shape index (κ3) is 2.48. The van der Waals surface area contributed by atoms with Crippen LogP contribution in [0.5, 0.6) is 0 Å². The fourth-order valence-corrected chi connectivity index (χ4v) is 1.73. The van der Waals surface area contributed by atoms with Crippen LogP contribution in [0, 0.1) is 0 Å². The quantitative estimate of drug-likeness (QED) is 0.803. The second-order valence-electron chi connectivity index (χ2n) is 4.16. The Labute approximate surface area is 106 Å². The van der Waals surface area contributed by atoms with Crippen molar-refractivity contribution in [3.05, 3.63) is 53.2 Å². The molecule has 0 aliphatic carbocycles. The van der Waals surface area contributed by atoms with E-state index in [0.29, 0.717) is 5.70 Å². The fraction of sp³-hybridized carbons (Fsp3) is 0.143. The van der Waals surface area contributed by atoms with Crippen molar-refractivity contribution in [2.45, 2.75) is 6.92 Å². The van der Waals surface area contributed by atoms with E-state index in [1.165, 1.54) is 0 Å². The molecule has 0 fully saturated rings. The Kier molecular flexibility index (Phi) is 3.28. The molecule has 0 radical (unpaired) electrons. The molecule has 1 aromatic rings. The van der Waals surface area contributed by atoms with Gasteiger partial charge in [0.25, 0.3) is 5.91 Å². The zero-order valence-corrected chi connectivity index (χ0v) is 10.4.